The summed E-state index contributed by atoms with van der Waals surface area (Å²) in [4.78, 5) is 24.4. The second-order valence-electron chi connectivity index (χ2n) is 7.20. The van der Waals surface area contributed by atoms with Crippen LogP contribution < -0.4 is 29.6 Å². The van der Waals surface area contributed by atoms with Crippen molar-refractivity contribution in [2.24, 2.45) is 0 Å². The van der Waals surface area contributed by atoms with E-state index in [1.165, 1.54) is 14.2 Å². The second-order valence-corrected chi connectivity index (χ2v) is 7.20. The van der Waals surface area contributed by atoms with Gasteiger partial charge in [0, 0.05) is 17.8 Å². The molecule has 0 atom stereocenters. The molecule has 3 rings (SSSR count). The summed E-state index contributed by atoms with van der Waals surface area (Å²) >= 11 is 0. The fourth-order valence-electron chi connectivity index (χ4n) is 3.12. The van der Waals surface area contributed by atoms with E-state index in [-0.39, 0.29) is 18.4 Å². The van der Waals surface area contributed by atoms with Crippen LogP contribution in [0.25, 0.3) is 0 Å². The number of nitrogens with one attached hydrogen (secondary N) is 2. The van der Waals surface area contributed by atoms with Gasteiger partial charge in [0.2, 0.25) is 5.75 Å². The van der Waals surface area contributed by atoms with Crippen molar-refractivity contribution in [3.05, 3.63) is 77.9 Å². The van der Waals surface area contributed by atoms with Gasteiger partial charge in [-0.05, 0) is 48.9 Å². The van der Waals surface area contributed by atoms with Crippen molar-refractivity contribution < 1.29 is 28.5 Å². The first kappa shape index (κ1) is 24.4. The van der Waals surface area contributed by atoms with Crippen LogP contribution in [0.3, 0.4) is 0 Å². The third-order valence-electron chi connectivity index (χ3n) is 4.80. The Balaban J connectivity index is 1.68. The minimum Gasteiger partial charge on any atom is -0.493 e. The number of hydrogen-bond donors (Lipinski definition) is 2. The minimum atomic E-state index is -0.345. The number of carbonyl (C=O) groups excluding carboxylic acids is 2. The highest BCUT2D eigenvalue weighted by atomic mass is 16.5. The topological polar surface area (TPSA) is 95.1 Å². The van der Waals surface area contributed by atoms with Crippen LogP contribution in [0.2, 0.25) is 0 Å². The highest BCUT2D eigenvalue weighted by molar-refractivity contribution is 6.05. The van der Waals surface area contributed by atoms with Crippen LogP contribution in [0, 0.1) is 0 Å². The van der Waals surface area contributed by atoms with E-state index in [1.807, 2.05) is 37.3 Å². The van der Waals surface area contributed by atoms with E-state index >= 15 is 0 Å². The van der Waals surface area contributed by atoms with E-state index in [4.69, 9.17) is 18.9 Å². The Hall–Kier alpha value is -4.20. The lowest BCUT2D eigenvalue weighted by atomic mass is 10.1. The third kappa shape index (κ3) is 6.65. The van der Waals surface area contributed by atoms with Crippen LogP contribution in [-0.2, 0) is 11.4 Å². The zero-order valence-corrected chi connectivity index (χ0v) is 19.4. The van der Waals surface area contributed by atoms with Crippen molar-refractivity contribution in [3.63, 3.8) is 0 Å². The number of ether oxygens (including phenoxy) is 4. The van der Waals surface area contributed by atoms with E-state index < -0.39 is 0 Å². The molecule has 3 aromatic rings. The van der Waals surface area contributed by atoms with Gasteiger partial charge >= 0.3 is 0 Å². The summed E-state index contributed by atoms with van der Waals surface area (Å²) in [5.74, 6) is 1.16. The number of benzene rings is 3. The van der Waals surface area contributed by atoms with E-state index in [2.05, 4.69) is 10.6 Å². The Morgan fingerprint density at radius 3 is 2.09 bits per heavy atom. The normalized spacial score (nSPS) is 10.2. The van der Waals surface area contributed by atoms with Gasteiger partial charge in [0.25, 0.3) is 11.8 Å². The molecule has 0 saturated heterocycles. The maximum atomic E-state index is 12.9. The molecule has 3 aromatic carbocycles. The molecule has 0 aliphatic carbocycles. The van der Waals surface area contributed by atoms with Gasteiger partial charge in [-0.1, -0.05) is 30.3 Å². The molecule has 2 amide bonds. The van der Waals surface area contributed by atoms with Gasteiger partial charge in [-0.2, -0.15) is 0 Å². The number of carbonyl (C=O) groups is 2. The van der Waals surface area contributed by atoms with Gasteiger partial charge in [0.05, 0.1) is 14.2 Å². The maximum Gasteiger partial charge on any atom is 0.257 e. The Kier molecular flexibility index (Phi) is 8.73. The number of methoxy groups -OCH3 is 2. The zero-order chi connectivity index (χ0) is 24.3. The molecule has 0 spiro atoms. The number of hydrogen-bond acceptors (Lipinski definition) is 6. The van der Waals surface area contributed by atoms with Crippen LogP contribution >= 0.6 is 0 Å². The molecule has 34 heavy (non-hydrogen) atoms. The standard InChI is InChI=1S/C26H28N2O6/c1-4-27-24(29)17-33-21-12-10-20(11-13-21)28-26(30)19-14-22(31-2)25(23(15-19)32-3)34-16-18-8-6-5-7-9-18/h5-15H,4,16-17H2,1-3H3,(H,27,29)(H,28,30). The fraction of sp³-hybridized carbons (Fsp3) is 0.231. The highest BCUT2D eigenvalue weighted by Crippen LogP contribution is 2.39. The van der Waals surface area contributed by atoms with Gasteiger partial charge in [-0.3, -0.25) is 9.59 Å². The molecule has 178 valence electrons. The summed E-state index contributed by atoms with van der Waals surface area (Å²) in [6, 6.07) is 19.6. The van der Waals surface area contributed by atoms with Gasteiger partial charge in [0.15, 0.2) is 18.1 Å². The van der Waals surface area contributed by atoms with Gasteiger partial charge in [-0.25, -0.2) is 0 Å². The third-order valence-corrected chi connectivity index (χ3v) is 4.80. The molecular weight excluding hydrogens is 436 g/mol. The Morgan fingerprint density at radius 2 is 1.50 bits per heavy atom. The van der Waals surface area contributed by atoms with Crippen molar-refractivity contribution in [2.75, 3.05) is 32.7 Å². The predicted octanol–water partition coefficient (Wildman–Crippen LogP) is 4.05. The Bertz CT molecular complexity index is 1080. The molecule has 8 heteroatoms. The lowest BCUT2D eigenvalue weighted by Gasteiger charge is -2.16. The highest BCUT2D eigenvalue weighted by Gasteiger charge is 2.18. The fourth-order valence-corrected chi connectivity index (χ4v) is 3.12. The maximum absolute atomic E-state index is 12.9. The average Bonchev–Trinajstić information content (AvgIpc) is 2.87. The summed E-state index contributed by atoms with van der Waals surface area (Å²) in [6.07, 6.45) is 0. The lowest BCUT2D eigenvalue weighted by molar-refractivity contribution is -0.122. The molecule has 8 nitrogen and oxygen atoms in total. The Labute approximate surface area is 198 Å². The monoisotopic (exact) mass is 464 g/mol. The summed E-state index contributed by atoms with van der Waals surface area (Å²) in [6.45, 7) is 2.64. The lowest BCUT2D eigenvalue weighted by Crippen LogP contribution is -2.28. The quantitative estimate of drug-likeness (QED) is 0.445. The number of amides is 2. The van der Waals surface area contributed by atoms with Crippen LogP contribution in [0.5, 0.6) is 23.0 Å². The molecule has 0 fully saturated rings. The molecule has 2 N–H and O–H groups in total. The van der Waals surface area contributed by atoms with E-state index in [1.54, 1.807) is 36.4 Å². The van der Waals surface area contributed by atoms with Crippen molar-refractivity contribution >= 4 is 17.5 Å². The van der Waals surface area contributed by atoms with Crippen LogP contribution in [0.15, 0.2) is 66.7 Å². The molecule has 0 saturated carbocycles. The summed E-state index contributed by atoms with van der Waals surface area (Å²) < 4.78 is 22.3. The number of likely N-dealkylation sites (N-methyl/N-ethyl adjacent to an activating group) is 1. The van der Waals surface area contributed by atoms with Crippen molar-refractivity contribution in [3.8, 4) is 23.0 Å². The summed E-state index contributed by atoms with van der Waals surface area (Å²) in [7, 11) is 3.01. The zero-order valence-electron chi connectivity index (χ0n) is 19.4. The number of anilines is 1. The first-order valence-electron chi connectivity index (χ1n) is 10.8. The SMILES string of the molecule is CCNC(=O)COc1ccc(NC(=O)c2cc(OC)c(OCc3ccccc3)c(OC)c2)cc1. The first-order valence-corrected chi connectivity index (χ1v) is 10.8. The molecule has 0 aromatic heterocycles. The minimum absolute atomic E-state index is 0.0716. The van der Waals surface area contributed by atoms with Crippen molar-refractivity contribution in [2.45, 2.75) is 13.5 Å². The first-order chi connectivity index (χ1) is 16.5. The Morgan fingerprint density at radius 1 is 0.853 bits per heavy atom. The smallest absolute Gasteiger partial charge is 0.257 e. The van der Waals surface area contributed by atoms with Crippen LogP contribution in [0.1, 0.15) is 22.8 Å². The summed E-state index contributed by atoms with van der Waals surface area (Å²) in [5.41, 5.74) is 1.90. The van der Waals surface area contributed by atoms with Crippen molar-refractivity contribution in [1.29, 1.82) is 0 Å². The molecule has 0 bridgehead atoms. The number of rotatable bonds is 11. The molecule has 0 aliphatic rings. The predicted molar refractivity (Wildman–Crippen MR) is 129 cm³/mol. The second kappa shape index (κ2) is 12.2. The van der Waals surface area contributed by atoms with E-state index in [0.29, 0.717) is 47.4 Å². The van der Waals surface area contributed by atoms with Crippen LogP contribution in [-0.4, -0.2) is 39.2 Å². The van der Waals surface area contributed by atoms with Crippen LogP contribution in [0.4, 0.5) is 5.69 Å². The van der Waals surface area contributed by atoms with Crippen molar-refractivity contribution in [1.82, 2.24) is 5.32 Å². The molecule has 0 heterocycles. The average molecular weight is 465 g/mol. The largest absolute Gasteiger partial charge is 0.493 e. The van der Waals surface area contributed by atoms with Gasteiger partial charge in [0.1, 0.15) is 12.4 Å². The molecule has 0 unspecified atom stereocenters. The summed E-state index contributed by atoms with van der Waals surface area (Å²) in [5, 5.41) is 5.48. The van der Waals surface area contributed by atoms with Gasteiger partial charge in [-0.15, -0.1) is 0 Å². The molecular formula is C26H28N2O6. The van der Waals surface area contributed by atoms with E-state index in [0.717, 1.165) is 5.56 Å². The molecule has 0 radical (unpaired) electrons. The van der Waals surface area contributed by atoms with Gasteiger partial charge < -0.3 is 29.6 Å². The van der Waals surface area contributed by atoms with E-state index in [9.17, 15) is 9.59 Å². The molecule has 0 aliphatic heterocycles.